The maximum absolute atomic E-state index is 13.2. The predicted molar refractivity (Wildman–Crippen MR) is 95.5 cm³/mol. The first kappa shape index (κ1) is 20.7. The zero-order valence-corrected chi connectivity index (χ0v) is 16.2. The SMILES string of the molecule is CCS(=O)(=O)c1cccnc1-c1nc2cc(S(=O)(=NC#N)C(F)(F)F)ccc2o1. The van der Waals surface area contributed by atoms with Crippen molar-refractivity contribution in [3.05, 3.63) is 36.5 Å². The lowest BCUT2D eigenvalue weighted by Crippen LogP contribution is -2.22. The van der Waals surface area contributed by atoms with Crippen LogP contribution in [-0.4, -0.2) is 33.9 Å². The Kier molecular flexibility index (Phi) is 5.10. The molecular formula is C16H11F3N4O4S2. The Bertz CT molecular complexity index is 1360. The molecule has 1 aromatic carbocycles. The van der Waals surface area contributed by atoms with Gasteiger partial charge in [-0.25, -0.2) is 22.6 Å². The van der Waals surface area contributed by atoms with Crippen LogP contribution in [0.4, 0.5) is 13.2 Å². The van der Waals surface area contributed by atoms with Crippen LogP contribution in [0.3, 0.4) is 0 Å². The van der Waals surface area contributed by atoms with Gasteiger partial charge in [-0.15, -0.1) is 4.36 Å². The van der Waals surface area contributed by atoms with Crippen molar-refractivity contribution in [1.82, 2.24) is 9.97 Å². The summed E-state index contributed by atoms with van der Waals surface area (Å²) in [7, 11) is -8.73. The van der Waals surface area contributed by atoms with E-state index in [1.807, 2.05) is 0 Å². The molecule has 0 amide bonds. The maximum Gasteiger partial charge on any atom is 0.484 e. The fourth-order valence-corrected chi connectivity index (χ4v) is 4.58. The molecule has 1 unspecified atom stereocenters. The molecule has 0 saturated carbocycles. The van der Waals surface area contributed by atoms with Crippen molar-refractivity contribution in [1.29, 1.82) is 5.26 Å². The summed E-state index contributed by atoms with van der Waals surface area (Å²) in [5.41, 5.74) is -5.51. The Morgan fingerprint density at radius 2 is 1.97 bits per heavy atom. The second-order valence-electron chi connectivity index (χ2n) is 5.56. The third kappa shape index (κ3) is 3.56. The second-order valence-corrected chi connectivity index (χ2v) is 9.98. The highest BCUT2D eigenvalue weighted by Crippen LogP contribution is 2.35. The van der Waals surface area contributed by atoms with Crippen LogP contribution >= 0.6 is 0 Å². The van der Waals surface area contributed by atoms with Crippen molar-refractivity contribution in [2.75, 3.05) is 5.75 Å². The quantitative estimate of drug-likeness (QED) is 0.564. The van der Waals surface area contributed by atoms with Crippen molar-refractivity contribution in [3.63, 3.8) is 0 Å². The van der Waals surface area contributed by atoms with Gasteiger partial charge in [-0.3, -0.25) is 0 Å². The fourth-order valence-electron chi connectivity index (χ4n) is 2.43. The minimum Gasteiger partial charge on any atom is -0.435 e. The van der Waals surface area contributed by atoms with E-state index < -0.39 is 30.0 Å². The van der Waals surface area contributed by atoms with Gasteiger partial charge in [0, 0.05) is 6.20 Å². The zero-order chi connectivity index (χ0) is 21.4. The Hall–Kier alpha value is -2.98. The van der Waals surface area contributed by atoms with E-state index in [-0.39, 0.29) is 33.3 Å². The standard InChI is InChI=1S/C16H11F3N4O4S2/c1-2-28(24,25)13-4-3-7-21-14(13)15-23-11-8-10(5-6-12(11)27-15)29(26,22-9-20)16(17,18)19/h3-8H,2H2,1H3. The van der Waals surface area contributed by atoms with E-state index in [0.29, 0.717) is 0 Å². The third-order valence-corrected chi connectivity index (χ3v) is 7.47. The van der Waals surface area contributed by atoms with E-state index in [0.717, 1.165) is 24.4 Å². The predicted octanol–water partition coefficient (Wildman–Crippen LogP) is 3.51. The van der Waals surface area contributed by atoms with E-state index >= 15 is 0 Å². The topological polar surface area (TPSA) is 126 Å². The van der Waals surface area contributed by atoms with Gasteiger partial charge < -0.3 is 4.42 Å². The molecule has 2 aromatic heterocycles. The second kappa shape index (κ2) is 7.12. The van der Waals surface area contributed by atoms with E-state index in [1.165, 1.54) is 25.3 Å². The first-order valence-corrected chi connectivity index (χ1v) is 11.0. The number of nitrogens with zero attached hydrogens (tertiary/aromatic N) is 4. The average molecular weight is 444 g/mol. The van der Waals surface area contributed by atoms with E-state index in [1.54, 1.807) is 0 Å². The summed E-state index contributed by atoms with van der Waals surface area (Å²) in [4.78, 5) is 7.04. The van der Waals surface area contributed by atoms with Crippen molar-refractivity contribution >= 4 is 30.7 Å². The smallest absolute Gasteiger partial charge is 0.435 e. The highest BCUT2D eigenvalue weighted by Gasteiger charge is 2.45. The van der Waals surface area contributed by atoms with Crippen LogP contribution in [0, 0.1) is 11.5 Å². The van der Waals surface area contributed by atoms with Crippen LogP contribution in [0.2, 0.25) is 0 Å². The monoisotopic (exact) mass is 444 g/mol. The number of alkyl halides is 3. The molecule has 2 heterocycles. The summed E-state index contributed by atoms with van der Waals surface area (Å²) in [6.45, 7) is 1.44. The molecular weight excluding hydrogens is 433 g/mol. The summed E-state index contributed by atoms with van der Waals surface area (Å²) in [5, 5.41) is 8.53. The fraction of sp³-hybridized carbons (Fsp3) is 0.188. The van der Waals surface area contributed by atoms with Crippen molar-refractivity contribution < 1.29 is 30.2 Å². The Morgan fingerprint density at radius 1 is 1.24 bits per heavy atom. The zero-order valence-electron chi connectivity index (χ0n) is 14.5. The van der Waals surface area contributed by atoms with Gasteiger partial charge in [-0.1, -0.05) is 6.92 Å². The molecule has 3 rings (SSSR count). The number of rotatable bonds is 4. The van der Waals surface area contributed by atoms with Crippen molar-refractivity contribution in [2.24, 2.45) is 4.36 Å². The van der Waals surface area contributed by atoms with Crippen LogP contribution in [0.15, 0.2) is 55.1 Å². The molecule has 0 spiro atoms. The lowest BCUT2D eigenvalue weighted by atomic mass is 10.3. The Labute approximate surface area is 163 Å². The highest BCUT2D eigenvalue weighted by molar-refractivity contribution is 7.94. The number of benzene rings is 1. The highest BCUT2D eigenvalue weighted by atomic mass is 32.2. The van der Waals surface area contributed by atoms with Gasteiger partial charge in [0.25, 0.3) is 0 Å². The molecule has 0 aliphatic rings. The molecule has 0 radical (unpaired) electrons. The summed E-state index contributed by atoms with van der Waals surface area (Å²) in [6, 6.07) is 5.49. The lowest BCUT2D eigenvalue weighted by molar-refractivity contribution is -0.0402. The van der Waals surface area contributed by atoms with Crippen molar-refractivity contribution in [2.45, 2.75) is 22.2 Å². The van der Waals surface area contributed by atoms with Gasteiger partial charge >= 0.3 is 5.51 Å². The normalized spacial score (nSPS) is 14.3. The third-order valence-electron chi connectivity index (χ3n) is 3.85. The average Bonchev–Trinajstić information content (AvgIpc) is 3.10. The molecule has 1 atom stereocenters. The van der Waals surface area contributed by atoms with Crippen LogP contribution in [-0.2, 0) is 19.6 Å². The number of sulfone groups is 1. The molecule has 0 aliphatic carbocycles. The number of hydrogen-bond donors (Lipinski definition) is 0. The molecule has 13 heteroatoms. The molecule has 8 nitrogen and oxygen atoms in total. The summed E-state index contributed by atoms with van der Waals surface area (Å²) in [5.74, 6) is -0.445. The molecule has 0 fully saturated rings. The number of oxazole rings is 1. The minimum atomic E-state index is -5.29. The number of fused-ring (bicyclic) bond motifs is 1. The largest absolute Gasteiger partial charge is 0.484 e. The van der Waals surface area contributed by atoms with Gasteiger partial charge in [-0.2, -0.15) is 18.4 Å². The van der Waals surface area contributed by atoms with Gasteiger partial charge in [0.15, 0.2) is 25.1 Å². The van der Waals surface area contributed by atoms with Gasteiger partial charge in [-0.05, 0) is 30.3 Å². The summed E-state index contributed by atoms with van der Waals surface area (Å²) < 4.78 is 84.5. The van der Waals surface area contributed by atoms with E-state index in [9.17, 15) is 25.8 Å². The first-order chi connectivity index (χ1) is 13.5. The number of aromatic nitrogens is 2. The molecule has 0 bridgehead atoms. The number of nitriles is 1. The van der Waals surface area contributed by atoms with Crippen LogP contribution in [0.5, 0.6) is 0 Å². The summed E-state index contributed by atoms with van der Waals surface area (Å²) in [6.07, 6.45) is 2.24. The van der Waals surface area contributed by atoms with Crippen LogP contribution < -0.4 is 0 Å². The Morgan fingerprint density at radius 3 is 2.59 bits per heavy atom. The molecule has 29 heavy (non-hydrogen) atoms. The Balaban J connectivity index is 2.23. The first-order valence-electron chi connectivity index (χ1n) is 7.84. The molecule has 3 aromatic rings. The summed E-state index contributed by atoms with van der Waals surface area (Å²) >= 11 is 0. The molecule has 0 N–H and O–H groups in total. The van der Waals surface area contributed by atoms with Crippen LogP contribution in [0.25, 0.3) is 22.7 Å². The maximum atomic E-state index is 13.2. The number of halogens is 3. The van der Waals surface area contributed by atoms with Crippen molar-refractivity contribution in [3.8, 4) is 17.8 Å². The van der Waals surface area contributed by atoms with Gasteiger partial charge in [0.2, 0.25) is 12.1 Å². The van der Waals surface area contributed by atoms with Crippen LogP contribution in [0.1, 0.15) is 6.92 Å². The number of pyridine rings is 1. The molecule has 152 valence electrons. The lowest BCUT2D eigenvalue weighted by Gasteiger charge is -2.11. The minimum absolute atomic E-state index is 0.00938. The van der Waals surface area contributed by atoms with Gasteiger partial charge in [0.1, 0.15) is 11.2 Å². The van der Waals surface area contributed by atoms with Gasteiger partial charge in [0.05, 0.1) is 15.5 Å². The molecule has 0 saturated heterocycles. The molecule has 0 aliphatic heterocycles. The van der Waals surface area contributed by atoms with E-state index in [2.05, 4.69) is 14.3 Å². The number of hydrogen-bond acceptors (Lipinski definition) is 8. The van der Waals surface area contributed by atoms with E-state index in [4.69, 9.17) is 9.68 Å².